The first kappa shape index (κ1) is 19.6. The number of hydrogen-bond donors (Lipinski definition) is 2. The molecule has 0 aliphatic carbocycles. The van der Waals surface area contributed by atoms with Crippen molar-refractivity contribution in [1.29, 1.82) is 0 Å². The number of aryl methyl sites for hydroxylation is 2. The molecule has 152 valence electrons. The van der Waals surface area contributed by atoms with E-state index in [9.17, 15) is 0 Å². The molecule has 0 spiro atoms. The molecule has 2 saturated heterocycles. The Balaban J connectivity index is 1.33. The van der Waals surface area contributed by atoms with Crippen molar-refractivity contribution < 1.29 is 0 Å². The number of nitrogens with one attached hydrogen (secondary N) is 2. The predicted octanol–water partition coefficient (Wildman–Crippen LogP) is 3.07. The van der Waals surface area contributed by atoms with Gasteiger partial charge in [0.25, 0.3) is 0 Å². The Bertz CT molecular complexity index is 761. The van der Waals surface area contributed by atoms with Crippen LogP contribution in [0.25, 0.3) is 0 Å². The maximum atomic E-state index is 4.69. The SMILES string of the molecule is CCn1nc(C)c(CN2CCC(C3NNCC3Cc3ccccc3)CC2)c1C. The third-order valence-electron chi connectivity index (χ3n) is 6.83. The lowest BCUT2D eigenvalue weighted by Crippen LogP contribution is -2.44. The summed E-state index contributed by atoms with van der Waals surface area (Å²) in [5, 5.41) is 4.69. The van der Waals surface area contributed by atoms with E-state index in [1.807, 2.05) is 0 Å². The zero-order valence-electron chi connectivity index (χ0n) is 17.6. The second-order valence-electron chi connectivity index (χ2n) is 8.58. The number of hydrogen-bond acceptors (Lipinski definition) is 4. The van der Waals surface area contributed by atoms with E-state index in [1.165, 1.54) is 54.9 Å². The van der Waals surface area contributed by atoms with E-state index in [1.54, 1.807) is 0 Å². The second-order valence-corrected chi connectivity index (χ2v) is 8.58. The van der Waals surface area contributed by atoms with Gasteiger partial charge < -0.3 is 0 Å². The van der Waals surface area contributed by atoms with Gasteiger partial charge in [-0.3, -0.25) is 20.4 Å². The normalized spacial score (nSPS) is 24.1. The van der Waals surface area contributed by atoms with Crippen LogP contribution >= 0.6 is 0 Å². The highest BCUT2D eigenvalue weighted by atomic mass is 15.4. The third kappa shape index (κ3) is 4.17. The Morgan fingerprint density at radius 1 is 1.11 bits per heavy atom. The predicted molar refractivity (Wildman–Crippen MR) is 114 cm³/mol. The van der Waals surface area contributed by atoms with Gasteiger partial charge in [-0.2, -0.15) is 5.10 Å². The molecule has 0 saturated carbocycles. The minimum atomic E-state index is 0.591. The smallest absolute Gasteiger partial charge is 0.0641 e. The van der Waals surface area contributed by atoms with Crippen LogP contribution in [0.3, 0.4) is 0 Å². The van der Waals surface area contributed by atoms with E-state index in [0.29, 0.717) is 12.0 Å². The molecule has 1 aromatic heterocycles. The Morgan fingerprint density at radius 3 is 2.54 bits per heavy atom. The number of likely N-dealkylation sites (tertiary alicyclic amines) is 1. The summed E-state index contributed by atoms with van der Waals surface area (Å²) in [6.45, 7) is 12.0. The molecule has 0 radical (unpaired) electrons. The molecule has 3 heterocycles. The van der Waals surface area contributed by atoms with Gasteiger partial charge in [0, 0.05) is 36.9 Å². The number of rotatable bonds is 6. The van der Waals surface area contributed by atoms with Crippen LogP contribution in [0.5, 0.6) is 0 Å². The maximum absolute atomic E-state index is 4.69. The average Bonchev–Trinajstić information content (AvgIpc) is 3.28. The number of piperidine rings is 1. The molecule has 2 aliphatic heterocycles. The van der Waals surface area contributed by atoms with Crippen LogP contribution in [0.2, 0.25) is 0 Å². The maximum Gasteiger partial charge on any atom is 0.0641 e. The van der Waals surface area contributed by atoms with Crippen LogP contribution in [0.4, 0.5) is 0 Å². The molecular weight excluding hydrogens is 346 g/mol. The lowest BCUT2D eigenvalue weighted by molar-refractivity contribution is 0.144. The van der Waals surface area contributed by atoms with E-state index in [0.717, 1.165) is 25.6 Å². The summed E-state index contributed by atoms with van der Waals surface area (Å²) in [6, 6.07) is 11.5. The van der Waals surface area contributed by atoms with E-state index in [-0.39, 0.29) is 0 Å². The Labute approximate surface area is 169 Å². The van der Waals surface area contributed by atoms with Crippen molar-refractivity contribution >= 4 is 0 Å². The van der Waals surface area contributed by atoms with Crippen molar-refractivity contribution in [2.45, 2.75) is 59.2 Å². The van der Waals surface area contributed by atoms with Gasteiger partial charge in [0.15, 0.2) is 0 Å². The first-order chi connectivity index (χ1) is 13.7. The summed E-state index contributed by atoms with van der Waals surface area (Å²) in [6.07, 6.45) is 3.73. The molecule has 0 bridgehead atoms. The number of aromatic nitrogens is 2. The number of hydrazine groups is 1. The minimum absolute atomic E-state index is 0.591. The van der Waals surface area contributed by atoms with Gasteiger partial charge in [-0.05, 0) is 70.5 Å². The fraction of sp³-hybridized carbons (Fsp3) is 0.609. The average molecular weight is 382 g/mol. The van der Waals surface area contributed by atoms with Gasteiger partial charge in [-0.15, -0.1) is 0 Å². The molecule has 1 aromatic carbocycles. The molecular formula is C23H35N5. The number of benzene rings is 1. The van der Waals surface area contributed by atoms with Gasteiger partial charge in [0.05, 0.1) is 5.69 Å². The highest BCUT2D eigenvalue weighted by Gasteiger charge is 2.35. The van der Waals surface area contributed by atoms with Gasteiger partial charge in [-0.1, -0.05) is 30.3 Å². The first-order valence-electron chi connectivity index (χ1n) is 10.9. The van der Waals surface area contributed by atoms with Crippen molar-refractivity contribution in [1.82, 2.24) is 25.5 Å². The Hall–Kier alpha value is -1.69. The van der Waals surface area contributed by atoms with Crippen molar-refractivity contribution in [3.8, 4) is 0 Å². The second kappa shape index (κ2) is 8.76. The minimum Gasteiger partial charge on any atom is -0.299 e. The van der Waals surface area contributed by atoms with Gasteiger partial charge in [0.2, 0.25) is 0 Å². The number of nitrogens with zero attached hydrogens (tertiary/aromatic N) is 3. The molecule has 2 atom stereocenters. The van der Waals surface area contributed by atoms with Crippen molar-refractivity contribution in [3.63, 3.8) is 0 Å². The molecule has 4 rings (SSSR count). The molecule has 2 fully saturated rings. The highest BCUT2D eigenvalue weighted by Crippen LogP contribution is 2.29. The molecule has 2 aromatic rings. The van der Waals surface area contributed by atoms with Gasteiger partial charge >= 0.3 is 0 Å². The first-order valence-corrected chi connectivity index (χ1v) is 10.9. The monoisotopic (exact) mass is 381 g/mol. The standard InChI is InChI=1S/C23H35N5/c1-4-28-18(3)22(17(2)26-28)16-27-12-10-20(11-13-27)23-21(15-24-25-23)14-19-8-6-5-7-9-19/h5-9,20-21,23-25H,4,10-16H2,1-3H3. The summed E-state index contributed by atoms with van der Waals surface area (Å²) >= 11 is 0. The van der Waals surface area contributed by atoms with Crippen LogP contribution in [0.15, 0.2) is 30.3 Å². The summed E-state index contributed by atoms with van der Waals surface area (Å²) in [4.78, 5) is 2.63. The zero-order chi connectivity index (χ0) is 19.5. The molecule has 2 N–H and O–H groups in total. The summed E-state index contributed by atoms with van der Waals surface area (Å²) in [7, 11) is 0. The van der Waals surface area contributed by atoms with Crippen LogP contribution in [0, 0.1) is 25.7 Å². The lowest BCUT2D eigenvalue weighted by Gasteiger charge is -2.36. The molecule has 2 unspecified atom stereocenters. The zero-order valence-corrected chi connectivity index (χ0v) is 17.6. The quantitative estimate of drug-likeness (QED) is 0.807. The topological polar surface area (TPSA) is 45.1 Å². The molecule has 2 aliphatic rings. The highest BCUT2D eigenvalue weighted by molar-refractivity contribution is 5.24. The summed E-state index contributed by atoms with van der Waals surface area (Å²) < 4.78 is 2.14. The van der Waals surface area contributed by atoms with Gasteiger partial charge in [0.1, 0.15) is 0 Å². The Kier molecular flexibility index (Phi) is 6.14. The van der Waals surface area contributed by atoms with Crippen LogP contribution in [-0.4, -0.2) is 40.4 Å². The van der Waals surface area contributed by atoms with E-state index in [4.69, 9.17) is 5.10 Å². The van der Waals surface area contributed by atoms with Gasteiger partial charge in [-0.25, -0.2) is 0 Å². The molecule has 5 heteroatoms. The van der Waals surface area contributed by atoms with Crippen molar-refractivity contribution in [3.05, 3.63) is 52.8 Å². The molecule has 28 heavy (non-hydrogen) atoms. The van der Waals surface area contributed by atoms with E-state index in [2.05, 4.69) is 71.5 Å². The fourth-order valence-electron chi connectivity index (χ4n) is 5.14. The fourth-order valence-corrected chi connectivity index (χ4v) is 5.14. The third-order valence-corrected chi connectivity index (χ3v) is 6.83. The van der Waals surface area contributed by atoms with Crippen LogP contribution in [0.1, 0.15) is 42.3 Å². The molecule has 0 amide bonds. The molecule has 5 nitrogen and oxygen atoms in total. The summed E-state index contributed by atoms with van der Waals surface area (Å²) in [5.74, 6) is 1.45. The van der Waals surface area contributed by atoms with E-state index < -0.39 is 0 Å². The lowest BCUT2D eigenvalue weighted by atomic mass is 9.81. The van der Waals surface area contributed by atoms with Crippen LogP contribution < -0.4 is 10.9 Å². The van der Waals surface area contributed by atoms with E-state index >= 15 is 0 Å². The largest absolute Gasteiger partial charge is 0.299 e. The summed E-state index contributed by atoms with van der Waals surface area (Å²) in [5.41, 5.74) is 12.5. The van der Waals surface area contributed by atoms with Crippen molar-refractivity contribution in [2.75, 3.05) is 19.6 Å². The van der Waals surface area contributed by atoms with Crippen molar-refractivity contribution in [2.24, 2.45) is 11.8 Å². The van der Waals surface area contributed by atoms with Crippen LogP contribution in [-0.2, 0) is 19.5 Å². The Morgan fingerprint density at radius 2 is 1.86 bits per heavy atom.